The normalized spacial score (nSPS) is 32.2. The molecule has 1 heterocycles. The summed E-state index contributed by atoms with van der Waals surface area (Å²) in [6.07, 6.45) is 3.80. The van der Waals surface area contributed by atoms with Gasteiger partial charge in [-0.15, -0.1) is 0 Å². The molecule has 0 amide bonds. The van der Waals surface area contributed by atoms with E-state index in [0.717, 1.165) is 38.6 Å². The van der Waals surface area contributed by atoms with E-state index in [0.29, 0.717) is 11.8 Å². The third-order valence-electron chi connectivity index (χ3n) is 4.02. The lowest BCUT2D eigenvalue weighted by Gasteiger charge is -2.31. The zero-order valence-corrected chi connectivity index (χ0v) is 12.8. The van der Waals surface area contributed by atoms with Gasteiger partial charge in [0.25, 0.3) is 0 Å². The van der Waals surface area contributed by atoms with Crippen molar-refractivity contribution in [3.05, 3.63) is 0 Å². The maximum atomic E-state index is 11.8. The van der Waals surface area contributed by atoms with Crippen molar-refractivity contribution in [1.29, 1.82) is 0 Å². The predicted molar refractivity (Wildman–Crippen MR) is 74.1 cm³/mol. The highest BCUT2D eigenvalue weighted by Crippen LogP contribution is 2.32. The maximum absolute atomic E-state index is 11.8. The van der Waals surface area contributed by atoms with Gasteiger partial charge in [0.05, 0.1) is 11.5 Å². The summed E-state index contributed by atoms with van der Waals surface area (Å²) in [4.78, 5) is 0. The highest BCUT2D eigenvalue weighted by molar-refractivity contribution is 7.93. The van der Waals surface area contributed by atoms with Gasteiger partial charge < -0.3 is 5.32 Å². The van der Waals surface area contributed by atoms with Gasteiger partial charge in [-0.25, -0.2) is 21.6 Å². The minimum absolute atomic E-state index is 0.0364. The molecule has 0 aromatic carbocycles. The van der Waals surface area contributed by atoms with Gasteiger partial charge in [0.15, 0.2) is 0 Å². The zero-order chi connectivity index (χ0) is 14.1. The molecule has 112 valence electrons. The largest absolute Gasteiger partial charge is 0.316 e. The fourth-order valence-corrected chi connectivity index (χ4v) is 5.91. The quantitative estimate of drug-likeness (QED) is 0.703. The highest BCUT2D eigenvalue weighted by atomic mass is 32.2. The first-order valence-corrected chi connectivity index (χ1v) is 10.3. The molecule has 2 N–H and O–H groups in total. The Bertz CT molecular complexity index is 515. The first-order chi connectivity index (χ1) is 8.75. The van der Waals surface area contributed by atoms with Crippen molar-refractivity contribution in [1.82, 2.24) is 10.0 Å². The maximum Gasteiger partial charge on any atom is 0.212 e. The summed E-state index contributed by atoms with van der Waals surface area (Å²) >= 11 is 0. The summed E-state index contributed by atoms with van der Waals surface area (Å²) in [6, 6.07) is -0.0364. The third-order valence-corrected chi connectivity index (χ3v) is 6.66. The zero-order valence-electron chi connectivity index (χ0n) is 11.1. The van der Waals surface area contributed by atoms with Crippen LogP contribution in [0.15, 0.2) is 0 Å². The van der Waals surface area contributed by atoms with E-state index < -0.39 is 19.9 Å². The van der Waals surface area contributed by atoms with Crippen LogP contribution in [-0.4, -0.2) is 53.7 Å². The van der Waals surface area contributed by atoms with Crippen molar-refractivity contribution in [2.75, 3.05) is 30.9 Å². The van der Waals surface area contributed by atoms with Crippen molar-refractivity contribution >= 4 is 19.9 Å². The number of sulfonamides is 1. The van der Waals surface area contributed by atoms with E-state index in [1.807, 2.05) is 0 Å². The molecule has 3 atom stereocenters. The molecular weight excluding hydrogens is 288 g/mol. The molecule has 0 radical (unpaired) electrons. The molecule has 0 aromatic heterocycles. The van der Waals surface area contributed by atoms with Crippen molar-refractivity contribution in [3.8, 4) is 0 Å². The highest BCUT2D eigenvalue weighted by Gasteiger charge is 2.35. The monoisotopic (exact) mass is 310 g/mol. The fourth-order valence-electron chi connectivity index (χ4n) is 2.98. The van der Waals surface area contributed by atoms with Crippen LogP contribution in [0.4, 0.5) is 0 Å². The van der Waals surface area contributed by atoms with Crippen molar-refractivity contribution < 1.29 is 16.8 Å². The lowest BCUT2D eigenvalue weighted by Crippen LogP contribution is -2.42. The second kappa shape index (κ2) is 5.67. The molecule has 1 saturated carbocycles. The summed E-state index contributed by atoms with van der Waals surface area (Å²) in [5.41, 5.74) is 0. The van der Waals surface area contributed by atoms with Crippen LogP contribution < -0.4 is 10.0 Å². The third kappa shape index (κ3) is 4.70. The molecule has 2 rings (SSSR count). The summed E-state index contributed by atoms with van der Waals surface area (Å²) < 4.78 is 48.4. The predicted octanol–water partition coefficient (Wildman–Crippen LogP) is -0.661. The van der Waals surface area contributed by atoms with E-state index in [-0.39, 0.29) is 17.5 Å². The second-order valence-corrected chi connectivity index (χ2v) is 9.89. The Morgan fingerprint density at radius 2 is 1.74 bits per heavy atom. The lowest BCUT2D eigenvalue weighted by molar-refractivity contribution is 0.260. The number of hydrogen-bond donors (Lipinski definition) is 2. The average Bonchev–Trinajstić information content (AvgIpc) is 2.72. The average molecular weight is 310 g/mol. The standard InChI is InChI=1S/C11H22N2O4S2/c1-18(14,15)4-5-19(16,17)13-11-3-2-9-7-12-8-10(9)6-11/h9-13H,2-8H2,1H3/t9-,10+,11?/m0/s1. The molecular formula is C11H22N2O4S2. The van der Waals surface area contributed by atoms with Crippen molar-refractivity contribution in [2.24, 2.45) is 11.8 Å². The molecule has 0 spiro atoms. The summed E-state index contributed by atoms with van der Waals surface area (Å²) in [5, 5.41) is 3.34. The topological polar surface area (TPSA) is 92.3 Å². The number of nitrogens with one attached hydrogen (secondary N) is 2. The van der Waals surface area contributed by atoms with Gasteiger partial charge in [0.1, 0.15) is 9.84 Å². The molecule has 19 heavy (non-hydrogen) atoms. The van der Waals surface area contributed by atoms with Gasteiger partial charge in [0.2, 0.25) is 10.0 Å². The summed E-state index contributed by atoms with van der Waals surface area (Å²) in [6.45, 7) is 2.00. The second-order valence-electron chi connectivity index (χ2n) is 5.75. The Hall–Kier alpha value is -0.180. The number of fused-ring (bicyclic) bond motifs is 1. The van der Waals surface area contributed by atoms with Crippen LogP contribution in [0.3, 0.4) is 0 Å². The fraction of sp³-hybridized carbons (Fsp3) is 1.00. The minimum atomic E-state index is -3.49. The van der Waals surface area contributed by atoms with Crippen LogP contribution in [0.5, 0.6) is 0 Å². The van der Waals surface area contributed by atoms with E-state index in [1.165, 1.54) is 0 Å². The Kier molecular flexibility index (Phi) is 4.54. The van der Waals surface area contributed by atoms with E-state index in [4.69, 9.17) is 0 Å². The van der Waals surface area contributed by atoms with Gasteiger partial charge in [-0.2, -0.15) is 0 Å². The Morgan fingerprint density at radius 3 is 2.42 bits per heavy atom. The van der Waals surface area contributed by atoms with Gasteiger partial charge in [0, 0.05) is 12.3 Å². The number of hydrogen-bond acceptors (Lipinski definition) is 5. The van der Waals surface area contributed by atoms with Crippen LogP contribution in [0.25, 0.3) is 0 Å². The van der Waals surface area contributed by atoms with Crippen molar-refractivity contribution in [2.45, 2.75) is 25.3 Å². The molecule has 8 heteroatoms. The van der Waals surface area contributed by atoms with Crippen LogP contribution in [0, 0.1) is 11.8 Å². The van der Waals surface area contributed by atoms with Crippen LogP contribution in [0.1, 0.15) is 19.3 Å². The molecule has 1 aliphatic carbocycles. The Morgan fingerprint density at radius 1 is 1.05 bits per heavy atom. The van der Waals surface area contributed by atoms with Gasteiger partial charge in [-0.1, -0.05) is 0 Å². The van der Waals surface area contributed by atoms with Crippen LogP contribution in [-0.2, 0) is 19.9 Å². The lowest BCUT2D eigenvalue weighted by atomic mass is 9.79. The molecule has 1 aliphatic heterocycles. The first-order valence-electron chi connectivity index (χ1n) is 6.63. The summed E-state index contributed by atoms with van der Waals surface area (Å²) in [5.74, 6) is 0.574. The van der Waals surface area contributed by atoms with E-state index in [2.05, 4.69) is 10.0 Å². The smallest absolute Gasteiger partial charge is 0.212 e. The molecule has 2 aliphatic rings. The minimum Gasteiger partial charge on any atom is -0.316 e. The van der Waals surface area contributed by atoms with E-state index >= 15 is 0 Å². The van der Waals surface area contributed by atoms with Crippen molar-refractivity contribution in [3.63, 3.8) is 0 Å². The molecule has 6 nitrogen and oxygen atoms in total. The number of sulfone groups is 1. The van der Waals surface area contributed by atoms with Crippen LogP contribution >= 0.6 is 0 Å². The Balaban J connectivity index is 1.86. The molecule has 0 bridgehead atoms. The molecule has 0 aromatic rings. The molecule has 1 saturated heterocycles. The first kappa shape index (κ1) is 15.2. The molecule has 1 unspecified atom stereocenters. The summed E-state index contributed by atoms with van der Waals surface area (Å²) in [7, 11) is -6.73. The molecule has 2 fully saturated rings. The number of rotatable bonds is 5. The Labute approximate surface area is 115 Å². The van der Waals surface area contributed by atoms with Gasteiger partial charge in [-0.3, -0.25) is 0 Å². The van der Waals surface area contributed by atoms with Gasteiger partial charge in [-0.05, 0) is 44.2 Å². The van der Waals surface area contributed by atoms with Gasteiger partial charge >= 0.3 is 0 Å². The SMILES string of the molecule is CS(=O)(=O)CCS(=O)(=O)NC1CC[C@H]2CNC[C@H]2C1. The van der Waals surface area contributed by atoms with E-state index in [1.54, 1.807) is 0 Å². The van der Waals surface area contributed by atoms with E-state index in [9.17, 15) is 16.8 Å². The van der Waals surface area contributed by atoms with Crippen LogP contribution in [0.2, 0.25) is 0 Å².